The van der Waals surface area contributed by atoms with Gasteiger partial charge in [0.25, 0.3) is 5.91 Å². The number of phenols is 1. The normalized spacial score (nSPS) is 10.2. The van der Waals surface area contributed by atoms with E-state index in [1.165, 1.54) is 12.1 Å². The molecule has 0 atom stereocenters. The van der Waals surface area contributed by atoms with Crippen LogP contribution < -0.4 is 11.1 Å². The average Bonchev–Trinajstić information content (AvgIpc) is 2.36. The molecule has 0 aromatic heterocycles. The summed E-state index contributed by atoms with van der Waals surface area (Å²) in [6.07, 6.45) is 0. The van der Waals surface area contributed by atoms with Gasteiger partial charge >= 0.3 is 0 Å². The van der Waals surface area contributed by atoms with Crippen molar-refractivity contribution in [2.75, 3.05) is 11.1 Å². The van der Waals surface area contributed by atoms with Gasteiger partial charge < -0.3 is 16.2 Å². The van der Waals surface area contributed by atoms with Crippen LogP contribution >= 0.6 is 11.6 Å². The summed E-state index contributed by atoms with van der Waals surface area (Å²) in [6, 6.07) is 7.67. The van der Waals surface area contributed by atoms with Crippen molar-refractivity contribution >= 4 is 28.9 Å². The average molecular weight is 281 g/mol. The zero-order valence-electron chi connectivity index (χ0n) is 9.65. The number of nitrogens with one attached hydrogen (secondary N) is 1. The Balaban J connectivity index is 2.30. The first-order chi connectivity index (χ1) is 8.97. The highest BCUT2D eigenvalue weighted by atomic mass is 35.5. The number of carbonyl (C=O) groups is 1. The Morgan fingerprint density at radius 3 is 2.74 bits per heavy atom. The molecule has 0 aliphatic carbocycles. The number of nitrogens with two attached hydrogens (primary N) is 1. The highest BCUT2D eigenvalue weighted by Crippen LogP contribution is 2.26. The second kappa shape index (κ2) is 5.16. The Morgan fingerprint density at radius 2 is 2.00 bits per heavy atom. The number of aromatic hydroxyl groups is 1. The van der Waals surface area contributed by atoms with Crippen molar-refractivity contribution in [1.82, 2.24) is 0 Å². The summed E-state index contributed by atoms with van der Waals surface area (Å²) in [5.74, 6) is -1.62. The molecule has 0 aliphatic heterocycles. The lowest BCUT2D eigenvalue weighted by Gasteiger charge is -2.09. The highest BCUT2D eigenvalue weighted by Gasteiger charge is 2.14. The van der Waals surface area contributed by atoms with Gasteiger partial charge in [0.2, 0.25) is 0 Å². The zero-order chi connectivity index (χ0) is 14.0. The zero-order valence-corrected chi connectivity index (χ0v) is 10.4. The topological polar surface area (TPSA) is 75.3 Å². The summed E-state index contributed by atoms with van der Waals surface area (Å²) in [4.78, 5) is 11.9. The molecule has 0 unspecified atom stereocenters. The molecule has 0 bridgehead atoms. The number of nitrogen functional groups attached to an aromatic ring is 1. The van der Waals surface area contributed by atoms with Crippen molar-refractivity contribution < 1.29 is 14.3 Å². The Kier molecular flexibility index (Phi) is 3.57. The number of benzene rings is 2. The van der Waals surface area contributed by atoms with Crippen LogP contribution in [0.4, 0.5) is 15.8 Å². The van der Waals surface area contributed by atoms with Crippen molar-refractivity contribution in [3.8, 4) is 5.75 Å². The van der Waals surface area contributed by atoms with Gasteiger partial charge in [0.05, 0.1) is 16.3 Å². The standard InChI is InChI=1S/C13H10ClFN2O2/c14-10-3-2-8(16)6-11(10)17-13(19)9-5-7(15)1-4-12(9)18/h1-6,18H,16H2,(H,17,19). The molecule has 2 aromatic rings. The molecule has 0 heterocycles. The van der Waals surface area contributed by atoms with E-state index in [0.29, 0.717) is 10.7 Å². The van der Waals surface area contributed by atoms with Crippen LogP contribution in [0.25, 0.3) is 0 Å². The van der Waals surface area contributed by atoms with Crippen molar-refractivity contribution in [2.24, 2.45) is 0 Å². The molecular weight excluding hydrogens is 271 g/mol. The third-order valence-electron chi connectivity index (χ3n) is 2.44. The van der Waals surface area contributed by atoms with Crippen molar-refractivity contribution in [2.45, 2.75) is 0 Å². The predicted octanol–water partition coefficient (Wildman–Crippen LogP) is 3.02. The number of halogens is 2. The van der Waals surface area contributed by atoms with Gasteiger partial charge in [-0.05, 0) is 36.4 Å². The molecule has 2 rings (SSSR count). The van der Waals surface area contributed by atoms with Crippen LogP contribution in [0, 0.1) is 5.82 Å². The third kappa shape index (κ3) is 2.95. The van der Waals surface area contributed by atoms with E-state index in [2.05, 4.69) is 5.32 Å². The van der Waals surface area contributed by atoms with E-state index >= 15 is 0 Å². The maximum atomic E-state index is 13.1. The first-order valence-corrected chi connectivity index (χ1v) is 5.70. The van der Waals surface area contributed by atoms with E-state index < -0.39 is 11.7 Å². The molecular formula is C13H10ClFN2O2. The second-order valence-electron chi connectivity index (χ2n) is 3.85. The Bertz CT molecular complexity index is 647. The molecule has 0 spiro atoms. The summed E-state index contributed by atoms with van der Waals surface area (Å²) in [5, 5.41) is 12.3. The fraction of sp³-hybridized carbons (Fsp3) is 0. The molecule has 0 aliphatic rings. The molecule has 0 saturated carbocycles. The van der Waals surface area contributed by atoms with E-state index in [1.54, 1.807) is 6.07 Å². The lowest BCUT2D eigenvalue weighted by Crippen LogP contribution is -2.13. The van der Waals surface area contributed by atoms with E-state index in [1.807, 2.05) is 0 Å². The largest absolute Gasteiger partial charge is 0.507 e. The van der Waals surface area contributed by atoms with Crippen molar-refractivity contribution in [1.29, 1.82) is 0 Å². The number of amides is 1. The lowest BCUT2D eigenvalue weighted by molar-refractivity contribution is 0.102. The summed E-state index contributed by atoms with van der Waals surface area (Å²) in [6.45, 7) is 0. The van der Waals surface area contributed by atoms with Crippen LogP contribution in [0.5, 0.6) is 5.75 Å². The SMILES string of the molecule is Nc1ccc(Cl)c(NC(=O)c2cc(F)ccc2O)c1. The molecule has 19 heavy (non-hydrogen) atoms. The van der Waals surface area contributed by atoms with Gasteiger partial charge in [-0.1, -0.05) is 11.6 Å². The third-order valence-corrected chi connectivity index (χ3v) is 2.77. The molecule has 2 aromatic carbocycles. The molecule has 6 heteroatoms. The predicted molar refractivity (Wildman–Crippen MR) is 71.9 cm³/mol. The molecule has 4 N–H and O–H groups in total. The first-order valence-electron chi connectivity index (χ1n) is 5.32. The summed E-state index contributed by atoms with van der Waals surface area (Å²) >= 11 is 5.89. The maximum absolute atomic E-state index is 13.1. The maximum Gasteiger partial charge on any atom is 0.259 e. The van der Waals surface area contributed by atoms with Crippen LogP contribution in [-0.2, 0) is 0 Å². The minimum Gasteiger partial charge on any atom is -0.507 e. The van der Waals surface area contributed by atoms with E-state index in [4.69, 9.17) is 17.3 Å². The molecule has 0 saturated heterocycles. The quantitative estimate of drug-likeness (QED) is 0.740. The van der Waals surface area contributed by atoms with E-state index in [9.17, 15) is 14.3 Å². The summed E-state index contributed by atoms with van der Waals surface area (Å²) in [5.41, 5.74) is 6.10. The molecule has 4 nitrogen and oxygen atoms in total. The van der Waals surface area contributed by atoms with E-state index in [-0.39, 0.29) is 17.0 Å². The van der Waals surface area contributed by atoms with Crippen LogP contribution in [0.3, 0.4) is 0 Å². The van der Waals surface area contributed by atoms with Gasteiger partial charge in [0.1, 0.15) is 11.6 Å². The summed E-state index contributed by atoms with van der Waals surface area (Å²) < 4.78 is 13.1. The van der Waals surface area contributed by atoms with Crippen molar-refractivity contribution in [3.63, 3.8) is 0 Å². The fourth-order valence-corrected chi connectivity index (χ4v) is 1.68. The van der Waals surface area contributed by atoms with Crippen LogP contribution in [0.2, 0.25) is 5.02 Å². The minimum absolute atomic E-state index is 0.182. The number of hydrogen-bond acceptors (Lipinski definition) is 3. The van der Waals surface area contributed by atoms with Crippen LogP contribution in [0.15, 0.2) is 36.4 Å². The molecule has 0 fully saturated rings. The van der Waals surface area contributed by atoms with Crippen molar-refractivity contribution in [3.05, 3.63) is 52.8 Å². The number of anilines is 2. The second-order valence-corrected chi connectivity index (χ2v) is 4.26. The smallest absolute Gasteiger partial charge is 0.259 e. The minimum atomic E-state index is -0.676. The van der Waals surface area contributed by atoms with Crippen LogP contribution in [-0.4, -0.2) is 11.0 Å². The number of rotatable bonds is 2. The van der Waals surface area contributed by atoms with Gasteiger partial charge in [-0.3, -0.25) is 4.79 Å². The van der Waals surface area contributed by atoms with Gasteiger partial charge in [-0.15, -0.1) is 0 Å². The van der Waals surface area contributed by atoms with E-state index in [0.717, 1.165) is 18.2 Å². The molecule has 98 valence electrons. The monoisotopic (exact) mass is 280 g/mol. The molecule has 1 amide bonds. The summed E-state index contributed by atoms with van der Waals surface area (Å²) in [7, 11) is 0. The van der Waals surface area contributed by atoms with Gasteiger partial charge in [-0.2, -0.15) is 0 Å². The Morgan fingerprint density at radius 1 is 1.26 bits per heavy atom. The number of carbonyl (C=O) groups excluding carboxylic acids is 1. The first kappa shape index (κ1) is 13.2. The number of phenolic OH excluding ortho intramolecular Hbond substituents is 1. The Hall–Kier alpha value is -2.27. The number of hydrogen-bond donors (Lipinski definition) is 3. The lowest BCUT2D eigenvalue weighted by atomic mass is 10.1. The highest BCUT2D eigenvalue weighted by molar-refractivity contribution is 6.34. The van der Waals surface area contributed by atoms with Gasteiger partial charge in [-0.25, -0.2) is 4.39 Å². The van der Waals surface area contributed by atoms with Crippen LogP contribution in [0.1, 0.15) is 10.4 Å². The Labute approximate surface area is 113 Å². The fourth-order valence-electron chi connectivity index (χ4n) is 1.52. The molecule has 0 radical (unpaired) electrons. The van der Waals surface area contributed by atoms with Gasteiger partial charge in [0, 0.05) is 5.69 Å². The van der Waals surface area contributed by atoms with Gasteiger partial charge in [0.15, 0.2) is 0 Å².